The Morgan fingerprint density at radius 3 is 2.64 bits per heavy atom. The lowest BCUT2D eigenvalue weighted by molar-refractivity contribution is -0.137. The average Bonchev–Trinajstić information content (AvgIpc) is 2.93. The summed E-state index contributed by atoms with van der Waals surface area (Å²) in [5, 5.41) is 7.47. The van der Waals surface area contributed by atoms with E-state index in [1.807, 2.05) is 0 Å². The van der Waals surface area contributed by atoms with Gasteiger partial charge < -0.3 is 4.84 Å². The van der Waals surface area contributed by atoms with E-state index in [1.54, 1.807) is 13.8 Å². The topological polar surface area (TPSA) is 65.2 Å². The second-order valence-corrected chi connectivity index (χ2v) is 4.87. The summed E-state index contributed by atoms with van der Waals surface area (Å²) < 4.78 is 39.1. The van der Waals surface area contributed by atoms with Crippen molar-refractivity contribution in [2.24, 2.45) is 5.16 Å². The minimum Gasteiger partial charge on any atom is -0.391 e. The Labute approximate surface area is 128 Å². The van der Waals surface area contributed by atoms with Gasteiger partial charge in [0.1, 0.15) is 24.5 Å². The predicted molar refractivity (Wildman–Crippen MR) is 72.4 cm³/mol. The lowest BCUT2D eigenvalue weighted by atomic mass is 10.2. The Balaban J connectivity index is 2.47. The number of hydrogen-bond donors (Lipinski definition) is 0. The van der Waals surface area contributed by atoms with E-state index in [0.29, 0.717) is 6.20 Å². The molecule has 0 aliphatic carbocycles. The molecule has 2 rings (SSSR count). The number of oxime groups is 1. The van der Waals surface area contributed by atoms with Crippen molar-refractivity contribution in [3.05, 3.63) is 41.2 Å². The summed E-state index contributed by atoms with van der Waals surface area (Å²) >= 11 is 5.90. The molecule has 22 heavy (non-hydrogen) atoms. The second-order valence-electron chi connectivity index (χ2n) is 4.46. The van der Waals surface area contributed by atoms with Gasteiger partial charge in [0.25, 0.3) is 0 Å². The van der Waals surface area contributed by atoms with Crippen molar-refractivity contribution in [1.82, 2.24) is 19.7 Å². The lowest BCUT2D eigenvalue weighted by Crippen LogP contribution is -2.19. The summed E-state index contributed by atoms with van der Waals surface area (Å²) in [6.07, 6.45) is -1.56. The summed E-state index contributed by atoms with van der Waals surface area (Å²) in [4.78, 5) is 12.6. The van der Waals surface area contributed by atoms with Crippen molar-refractivity contribution >= 4 is 17.4 Å². The highest BCUT2D eigenvalue weighted by molar-refractivity contribution is 6.33. The Morgan fingerprint density at radius 1 is 1.41 bits per heavy atom. The van der Waals surface area contributed by atoms with E-state index in [-0.39, 0.29) is 22.7 Å². The van der Waals surface area contributed by atoms with Gasteiger partial charge in [-0.05, 0) is 19.9 Å². The van der Waals surface area contributed by atoms with Gasteiger partial charge in [-0.3, -0.25) is 4.98 Å². The zero-order valence-corrected chi connectivity index (χ0v) is 12.3. The van der Waals surface area contributed by atoms with Crippen LogP contribution in [0, 0.1) is 0 Å². The zero-order chi connectivity index (χ0) is 16.3. The molecule has 2 aromatic heterocycles. The molecule has 0 aromatic carbocycles. The third kappa shape index (κ3) is 3.73. The molecule has 0 aliphatic heterocycles. The Hall–Kier alpha value is -2.16. The largest absolute Gasteiger partial charge is 0.417 e. The van der Waals surface area contributed by atoms with Gasteiger partial charge in [-0.1, -0.05) is 16.8 Å². The van der Waals surface area contributed by atoms with Crippen LogP contribution in [0.3, 0.4) is 0 Å². The Kier molecular flexibility index (Phi) is 4.65. The van der Waals surface area contributed by atoms with Crippen molar-refractivity contribution in [2.75, 3.05) is 0 Å². The maximum atomic E-state index is 12.6. The van der Waals surface area contributed by atoms with Crippen molar-refractivity contribution in [1.29, 1.82) is 0 Å². The highest BCUT2D eigenvalue weighted by atomic mass is 35.5. The van der Waals surface area contributed by atoms with Gasteiger partial charge in [0.15, 0.2) is 0 Å². The number of rotatable bonds is 3. The van der Waals surface area contributed by atoms with Gasteiger partial charge in [0.2, 0.25) is 5.84 Å². The van der Waals surface area contributed by atoms with Gasteiger partial charge >= 0.3 is 6.18 Å². The molecular weight excluding hydrogens is 323 g/mol. The van der Waals surface area contributed by atoms with E-state index in [0.717, 1.165) is 6.07 Å². The van der Waals surface area contributed by atoms with Crippen LogP contribution in [0.25, 0.3) is 0 Å². The summed E-state index contributed by atoms with van der Waals surface area (Å²) in [6.45, 7) is 3.48. The van der Waals surface area contributed by atoms with Gasteiger partial charge in [-0.2, -0.15) is 23.0 Å². The molecule has 0 N–H and O–H groups in total. The predicted octanol–water partition coefficient (Wildman–Crippen LogP) is 2.98. The number of aromatic nitrogens is 4. The number of hydrogen-bond acceptors (Lipinski definition) is 5. The first-order valence-corrected chi connectivity index (χ1v) is 6.48. The van der Waals surface area contributed by atoms with Crippen LogP contribution in [-0.2, 0) is 11.0 Å². The molecule has 0 fully saturated rings. The van der Waals surface area contributed by atoms with E-state index in [4.69, 9.17) is 16.4 Å². The Morgan fingerprint density at radius 2 is 2.14 bits per heavy atom. The molecule has 6 nitrogen and oxygen atoms in total. The van der Waals surface area contributed by atoms with Gasteiger partial charge in [0, 0.05) is 6.20 Å². The quantitative estimate of drug-likeness (QED) is 0.492. The molecule has 0 spiro atoms. The zero-order valence-electron chi connectivity index (χ0n) is 11.5. The van der Waals surface area contributed by atoms with Crippen LogP contribution in [0.5, 0.6) is 0 Å². The van der Waals surface area contributed by atoms with Crippen LogP contribution in [0.15, 0.2) is 30.1 Å². The van der Waals surface area contributed by atoms with Crippen LogP contribution in [-0.4, -0.2) is 31.7 Å². The maximum Gasteiger partial charge on any atom is 0.417 e. The van der Waals surface area contributed by atoms with Crippen molar-refractivity contribution in [3.8, 4) is 0 Å². The van der Waals surface area contributed by atoms with E-state index in [2.05, 4.69) is 20.2 Å². The third-order valence-electron chi connectivity index (χ3n) is 2.37. The average molecular weight is 334 g/mol. The number of nitrogens with zero attached hydrogens (tertiary/aromatic N) is 5. The molecular formula is C12H11ClF3N5O. The van der Waals surface area contributed by atoms with Crippen molar-refractivity contribution < 1.29 is 18.0 Å². The third-order valence-corrected chi connectivity index (χ3v) is 2.65. The van der Waals surface area contributed by atoms with Crippen molar-refractivity contribution in [2.45, 2.75) is 26.1 Å². The molecule has 0 saturated carbocycles. The fourth-order valence-corrected chi connectivity index (χ4v) is 1.67. The molecule has 0 bridgehead atoms. The first-order valence-electron chi connectivity index (χ1n) is 6.11. The molecule has 2 heterocycles. The molecule has 0 radical (unpaired) electrons. The van der Waals surface area contributed by atoms with Crippen LogP contribution in [0.4, 0.5) is 13.2 Å². The second kappa shape index (κ2) is 6.30. The Bertz CT molecular complexity index is 670. The van der Waals surface area contributed by atoms with Crippen LogP contribution < -0.4 is 0 Å². The van der Waals surface area contributed by atoms with Crippen LogP contribution in [0.2, 0.25) is 5.02 Å². The molecule has 0 atom stereocenters. The fraction of sp³-hybridized carbons (Fsp3) is 0.333. The summed E-state index contributed by atoms with van der Waals surface area (Å²) in [7, 11) is 0. The summed E-state index contributed by atoms with van der Waals surface area (Å²) in [5.41, 5.74) is -0.954. The highest BCUT2D eigenvalue weighted by Crippen LogP contribution is 2.31. The van der Waals surface area contributed by atoms with E-state index in [9.17, 15) is 13.2 Å². The maximum absolute atomic E-state index is 12.6. The smallest absolute Gasteiger partial charge is 0.391 e. The summed E-state index contributed by atoms with van der Waals surface area (Å²) in [5.74, 6) is 0.0323. The molecule has 118 valence electrons. The minimum absolute atomic E-state index is 0.000756. The van der Waals surface area contributed by atoms with E-state index < -0.39 is 11.7 Å². The number of alkyl halides is 3. The monoisotopic (exact) mass is 333 g/mol. The summed E-state index contributed by atoms with van der Waals surface area (Å²) in [6, 6.07) is 0.770. The van der Waals surface area contributed by atoms with E-state index >= 15 is 0 Å². The molecule has 0 amide bonds. The number of halogens is 4. The highest BCUT2D eigenvalue weighted by Gasteiger charge is 2.32. The number of pyridine rings is 1. The molecule has 2 aromatic rings. The fourth-order valence-electron chi connectivity index (χ4n) is 1.42. The van der Waals surface area contributed by atoms with E-state index in [1.165, 1.54) is 17.3 Å². The first kappa shape index (κ1) is 16.2. The normalized spacial score (nSPS) is 12.8. The molecule has 0 unspecified atom stereocenters. The van der Waals surface area contributed by atoms with Crippen LogP contribution in [0.1, 0.15) is 25.1 Å². The molecule has 0 aliphatic rings. The van der Waals surface area contributed by atoms with Gasteiger partial charge in [-0.25, -0.2) is 4.98 Å². The van der Waals surface area contributed by atoms with Gasteiger partial charge in [-0.15, -0.1) is 0 Å². The first-order chi connectivity index (χ1) is 10.3. The van der Waals surface area contributed by atoms with Crippen LogP contribution >= 0.6 is 11.6 Å². The van der Waals surface area contributed by atoms with Gasteiger partial charge in [0.05, 0.1) is 10.6 Å². The van der Waals surface area contributed by atoms with Crippen molar-refractivity contribution in [3.63, 3.8) is 0 Å². The standard InChI is InChI=1S/C12H11ClF3N5O/c1-7(2)22-20-11(21-6-17-5-19-21)10-9(13)3-8(4-18-10)12(14,15)16/h3-7H,1-2H3/b20-11-. The SMILES string of the molecule is CC(C)O/N=C(/c1ncc(C(F)(F)F)cc1Cl)n1cncn1. The molecule has 10 heteroatoms. The lowest BCUT2D eigenvalue weighted by Gasteiger charge is -2.11. The molecule has 0 saturated heterocycles. The minimum atomic E-state index is -4.53.